The number of carbonyl (C=O) groups excluding carboxylic acids is 2. The lowest BCUT2D eigenvalue weighted by atomic mass is 10.1. The summed E-state index contributed by atoms with van der Waals surface area (Å²) in [5.74, 6) is -1.48. The van der Waals surface area contributed by atoms with Crippen LogP contribution in [0.5, 0.6) is 0 Å². The lowest BCUT2D eigenvalue weighted by Gasteiger charge is -2.08. The summed E-state index contributed by atoms with van der Waals surface area (Å²) in [5, 5.41) is 14.6. The number of hydrogen-bond acceptors (Lipinski definition) is 3. The van der Waals surface area contributed by atoms with Crippen molar-refractivity contribution < 1.29 is 19.5 Å². The first-order chi connectivity index (χ1) is 12.3. The van der Waals surface area contributed by atoms with Gasteiger partial charge in [0.05, 0.1) is 0 Å². The highest BCUT2D eigenvalue weighted by molar-refractivity contribution is 6.31. The standard InChI is InChI=1S/C19H19ClN2O4/c1-12-5-8-15(11-16(12)20)22-19(26)13-6-9-14(10-7-13)21-17(23)3-2-4-18(24)25/h5-11H,2-4H2,1H3,(H,21,23)(H,22,26)(H,24,25). The third-order valence-corrected chi connectivity index (χ3v) is 4.06. The van der Waals surface area contributed by atoms with Crippen LogP contribution in [0.4, 0.5) is 11.4 Å². The smallest absolute Gasteiger partial charge is 0.303 e. The van der Waals surface area contributed by atoms with Gasteiger partial charge in [-0.15, -0.1) is 0 Å². The molecular weight excluding hydrogens is 356 g/mol. The molecule has 0 saturated carbocycles. The molecule has 0 unspecified atom stereocenters. The predicted octanol–water partition coefficient (Wildman–Crippen LogP) is 4.09. The molecule has 0 aromatic heterocycles. The highest BCUT2D eigenvalue weighted by Gasteiger charge is 2.09. The van der Waals surface area contributed by atoms with E-state index in [0.717, 1.165) is 5.56 Å². The average molecular weight is 375 g/mol. The fraction of sp³-hybridized carbons (Fsp3) is 0.211. The maximum Gasteiger partial charge on any atom is 0.303 e. The number of amides is 2. The average Bonchev–Trinajstić information content (AvgIpc) is 2.58. The quantitative estimate of drug-likeness (QED) is 0.680. The van der Waals surface area contributed by atoms with E-state index in [1.165, 1.54) is 0 Å². The molecule has 6 nitrogen and oxygen atoms in total. The molecule has 2 amide bonds. The Morgan fingerprint density at radius 2 is 1.62 bits per heavy atom. The van der Waals surface area contributed by atoms with Crippen LogP contribution in [-0.2, 0) is 9.59 Å². The third kappa shape index (κ3) is 5.89. The molecule has 0 spiro atoms. The summed E-state index contributed by atoms with van der Waals surface area (Å²) in [6.07, 6.45) is 0.360. The first-order valence-electron chi connectivity index (χ1n) is 8.04. The molecule has 3 N–H and O–H groups in total. The molecule has 7 heteroatoms. The second-order valence-electron chi connectivity index (χ2n) is 5.79. The Kier molecular flexibility index (Phi) is 6.74. The van der Waals surface area contributed by atoms with E-state index in [1.807, 2.05) is 13.0 Å². The van der Waals surface area contributed by atoms with Crippen molar-refractivity contribution in [2.45, 2.75) is 26.2 Å². The molecule has 2 aromatic carbocycles. The van der Waals surface area contributed by atoms with Crippen molar-refractivity contribution in [3.05, 3.63) is 58.6 Å². The van der Waals surface area contributed by atoms with Crippen molar-refractivity contribution in [2.75, 3.05) is 10.6 Å². The molecule has 0 aliphatic heterocycles. The lowest BCUT2D eigenvalue weighted by molar-refractivity contribution is -0.137. The molecule has 0 heterocycles. The third-order valence-electron chi connectivity index (χ3n) is 3.66. The number of nitrogens with one attached hydrogen (secondary N) is 2. The maximum atomic E-state index is 12.3. The molecule has 2 aromatic rings. The van der Waals surface area contributed by atoms with Crippen LogP contribution < -0.4 is 10.6 Å². The van der Waals surface area contributed by atoms with Crippen molar-refractivity contribution in [1.29, 1.82) is 0 Å². The fourth-order valence-electron chi connectivity index (χ4n) is 2.20. The molecule has 2 rings (SSSR count). The minimum atomic E-state index is -0.928. The van der Waals surface area contributed by atoms with Gasteiger partial charge in [-0.3, -0.25) is 14.4 Å². The largest absolute Gasteiger partial charge is 0.481 e. The van der Waals surface area contributed by atoms with E-state index in [2.05, 4.69) is 10.6 Å². The number of aliphatic carboxylic acids is 1. The van der Waals surface area contributed by atoms with Gasteiger partial charge in [0.25, 0.3) is 5.91 Å². The van der Waals surface area contributed by atoms with Crippen LogP contribution in [0.15, 0.2) is 42.5 Å². The highest BCUT2D eigenvalue weighted by Crippen LogP contribution is 2.20. The maximum absolute atomic E-state index is 12.3. The van der Waals surface area contributed by atoms with Crippen molar-refractivity contribution in [1.82, 2.24) is 0 Å². The number of hydrogen-bond donors (Lipinski definition) is 3. The van der Waals surface area contributed by atoms with Crippen LogP contribution in [0.1, 0.15) is 35.2 Å². The van der Waals surface area contributed by atoms with E-state index in [0.29, 0.717) is 22.0 Å². The van der Waals surface area contributed by atoms with Gasteiger partial charge in [0.1, 0.15) is 0 Å². The number of rotatable bonds is 7. The van der Waals surface area contributed by atoms with Crippen molar-refractivity contribution in [3.8, 4) is 0 Å². The Bertz CT molecular complexity index is 819. The Morgan fingerprint density at radius 1 is 0.962 bits per heavy atom. The van der Waals surface area contributed by atoms with Crippen LogP contribution in [0.3, 0.4) is 0 Å². The predicted molar refractivity (Wildman–Crippen MR) is 101 cm³/mol. The second-order valence-corrected chi connectivity index (χ2v) is 6.20. The molecule has 0 saturated heterocycles. The summed E-state index contributed by atoms with van der Waals surface area (Å²) < 4.78 is 0. The van der Waals surface area contributed by atoms with Crippen LogP contribution in [0, 0.1) is 6.92 Å². The Hall–Kier alpha value is -2.86. The van der Waals surface area contributed by atoms with Gasteiger partial charge in [-0.25, -0.2) is 0 Å². The number of carboxylic acid groups (broad SMARTS) is 1. The molecule has 0 aliphatic carbocycles. The van der Waals surface area contributed by atoms with Gasteiger partial charge >= 0.3 is 5.97 Å². The Labute approximate surface area is 156 Å². The van der Waals surface area contributed by atoms with E-state index >= 15 is 0 Å². The topological polar surface area (TPSA) is 95.5 Å². The first kappa shape index (κ1) is 19.5. The normalized spacial score (nSPS) is 10.2. The van der Waals surface area contributed by atoms with E-state index < -0.39 is 5.97 Å². The summed E-state index contributed by atoms with van der Waals surface area (Å²) in [7, 11) is 0. The SMILES string of the molecule is Cc1ccc(NC(=O)c2ccc(NC(=O)CCCC(=O)O)cc2)cc1Cl. The molecule has 0 radical (unpaired) electrons. The zero-order valence-electron chi connectivity index (χ0n) is 14.2. The zero-order valence-corrected chi connectivity index (χ0v) is 15.0. The number of benzene rings is 2. The molecule has 26 heavy (non-hydrogen) atoms. The Balaban J connectivity index is 1.91. The summed E-state index contributed by atoms with van der Waals surface area (Å²) >= 11 is 6.04. The second kappa shape index (κ2) is 9.01. The van der Waals surface area contributed by atoms with Crippen molar-refractivity contribution >= 4 is 40.8 Å². The van der Waals surface area contributed by atoms with E-state index in [9.17, 15) is 14.4 Å². The summed E-state index contributed by atoms with van der Waals surface area (Å²) in [5.41, 5.74) is 2.50. The number of anilines is 2. The number of halogens is 1. The Morgan fingerprint density at radius 3 is 2.23 bits per heavy atom. The van der Waals surface area contributed by atoms with E-state index in [-0.39, 0.29) is 31.1 Å². The summed E-state index contributed by atoms with van der Waals surface area (Å²) in [6, 6.07) is 11.7. The van der Waals surface area contributed by atoms with Gasteiger partial charge in [-0.2, -0.15) is 0 Å². The first-order valence-corrected chi connectivity index (χ1v) is 8.42. The number of carbonyl (C=O) groups is 3. The zero-order chi connectivity index (χ0) is 19.1. The van der Waals surface area contributed by atoms with Crippen molar-refractivity contribution in [2.24, 2.45) is 0 Å². The number of aryl methyl sites for hydroxylation is 1. The fourth-order valence-corrected chi connectivity index (χ4v) is 2.38. The van der Waals surface area contributed by atoms with Gasteiger partial charge in [0, 0.05) is 34.8 Å². The molecule has 136 valence electrons. The molecular formula is C19H19ClN2O4. The van der Waals surface area contributed by atoms with Crippen LogP contribution in [0.2, 0.25) is 5.02 Å². The summed E-state index contributed by atoms with van der Waals surface area (Å²) in [6.45, 7) is 1.88. The van der Waals surface area contributed by atoms with E-state index in [4.69, 9.17) is 16.7 Å². The highest BCUT2D eigenvalue weighted by atomic mass is 35.5. The van der Waals surface area contributed by atoms with Crippen LogP contribution in [-0.4, -0.2) is 22.9 Å². The number of carboxylic acids is 1. The van der Waals surface area contributed by atoms with E-state index in [1.54, 1.807) is 36.4 Å². The van der Waals surface area contributed by atoms with Gasteiger partial charge in [0.15, 0.2) is 0 Å². The van der Waals surface area contributed by atoms with Crippen LogP contribution in [0.25, 0.3) is 0 Å². The minimum Gasteiger partial charge on any atom is -0.481 e. The van der Waals surface area contributed by atoms with Gasteiger partial charge < -0.3 is 15.7 Å². The molecule has 0 atom stereocenters. The van der Waals surface area contributed by atoms with Crippen LogP contribution >= 0.6 is 11.6 Å². The van der Waals surface area contributed by atoms with Gasteiger partial charge in [0.2, 0.25) is 5.91 Å². The molecule has 0 fully saturated rings. The summed E-state index contributed by atoms with van der Waals surface area (Å²) in [4.78, 5) is 34.4. The lowest BCUT2D eigenvalue weighted by Crippen LogP contribution is -2.13. The van der Waals surface area contributed by atoms with Crippen molar-refractivity contribution in [3.63, 3.8) is 0 Å². The molecule has 0 aliphatic rings. The van der Waals surface area contributed by atoms with Gasteiger partial charge in [-0.05, 0) is 55.3 Å². The van der Waals surface area contributed by atoms with Gasteiger partial charge in [-0.1, -0.05) is 17.7 Å². The minimum absolute atomic E-state index is 0.0461. The molecule has 0 bridgehead atoms. The monoisotopic (exact) mass is 374 g/mol.